The van der Waals surface area contributed by atoms with Crippen LogP contribution in [0.15, 0.2) is 24.3 Å². The first-order valence-electron chi connectivity index (χ1n) is 7.70. The van der Waals surface area contributed by atoms with Gasteiger partial charge in [-0.3, -0.25) is 4.90 Å². The molecule has 1 N–H and O–H groups in total. The first kappa shape index (κ1) is 13.4. The van der Waals surface area contributed by atoms with Crippen molar-refractivity contribution in [1.82, 2.24) is 10.2 Å². The van der Waals surface area contributed by atoms with Crippen molar-refractivity contribution in [3.8, 4) is 0 Å². The van der Waals surface area contributed by atoms with E-state index in [4.69, 9.17) is 0 Å². The lowest BCUT2D eigenvalue weighted by atomic mass is 9.96. The van der Waals surface area contributed by atoms with Crippen LogP contribution in [0.5, 0.6) is 0 Å². The number of carbonyl (C=O) groups is 1. The third-order valence-corrected chi connectivity index (χ3v) is 4.30. The van der Waals surface area contributed by atoms with Gasteiger partial charge in [0.15, 0.2) is 0 Å². The molecule has 1 fully saturated rings. The molecule has 1 atom stereocenters. The lowest BCUT2D eigenvalue weighted by molar-refractivity contribution is 0.214. The van der Waals surface area contributed by atoms with Gasteiger partial charge < -0.3 is 10.2 Å². The lowest BCUT2D eigenvalue weighted by Gasteiger charge is -2.36. The highest BCUT2D eigenvalue weighted by Gasteiger charge is 2.31. The van der Waals surface area contributed by atoms with E-state index in [1.807, 2.05) is 15.9 Å². The second-order valence-corrected chi connectivity index (χ2v) is 5.59. The normalized spacial score (nSPS) is 21.9. The standard InChI is InChI=1S/C16H23N3O/c1-2-17-14-9-12-19(15-8-4-3-7-13(14)15)16(20)18-10-5-6-11-18/h3-4,7-8,14,17H,2,5-6,9-12H2,1H3. The van der Waals surface area contributed by atoms with Gasteiger partial charge in [-0.2, -0.15) is 0 Å². The van der Waals surface area contributed by atoms with Crippen LogP contribution in [0.2, 0.25) is 0 Å². The molecule has 0 bridgehead atoms. The molecule has 2 amide bonds. The number of urea groups is 1. The number of amides is 2. The molecular weight excluding hydrogens is 250 g/mol. The van der Waals surface area contributed by atoms with Gasteiger partial charge in [-0.15, -0.1) is 0 Å². The highest BCUT2D eigenvalue weighted by Crippen LogP contribution is 2.34. The molecule has 4 nitrogen and oxygen atoms in total. The molecule has 0 radical (unpaired) electrons. The molecule has 0 spiro atoms. The average Bonchev–Trinajstić information content (AvgIpc) is 3.01. The quantitative estimate of drug-likeness (QED) is 0.899. The van der Waals surface area contributed by atoms with Crippen LogP contribution in [0, 0.1) is 0 Å². The number of para-hydroxylation sites is 1. The SMILES string of the molecule is CCNC1CCN(C(=O)N2CCCC2)c2ccccc21. The summed E-state index contributed by atoms with van der Waals surface area (Å²) in [5.74, 6) is 0. The fourth-order valence-electron chi connectivity index (χ4n) is 3.30. The third kappa shape index (κ3) is 2.40. The number of carbonyl (C=O) groups excluding carboxylic acids is 1. The van der Waals surface area contributed by atoms with Crippen LogP contribution in [-0.2, 0) is 0 Å². The number of anilines is 1. The summed E-state index contributed by atoms with van der Waals surface area (Å²) in [6, 6.07) is 8.87. The number of rotatable bonds is 2. The summed E-state index contributed by atoms with van der Waals surface area (Å²) in [5.41, 5.74) is 2.34. The Hall–Kier alpha value is -1.55. The number of nitrogens with zero attached hydrogens (tertiary/aromatic N) is 2. The van der Waals surface area contributed by atoms with E-state index in [-0.39, 0.29) is 6.03 Å². The van der Waals surface area contributed by atoms with Gasteiger partial charge in [-0.05, 0) is 37.4 Å². The summed E-state index contributed by atoms with van der Waals surface area (Å²) in [4.78, 5) is 16.6. The van der Waals surface area contributed by atoms with Crippen molar-refractivity contribution in [1.29, 1.82) is 0 Å². The smallest absolute Gasteiger partial charge is 0.324 e. The second kappa shape index (κ2) is 5.83. The van der Waals surface area contributed by atoms with Crippen molar-refractivity contribution in [3.63, 3.8) is 0 Å². The molecule has 0 aromatic heterocycles. The number of benzene rings is 1. The van der Waals surface area contributed by atoms with E-state index in [0.717, 1.165) is 51.1 Å². The molecule has 1 aromatic carbocycles. The van der Waals surface area contributed by atoms with E-state index in [9.17, 15) is 4.79 Å². The van der Waals surface area contributed by atoms with E-state index in [2.05, 4.69) is 30.4 Å². The Morgan fingerprint density at radius 2 is 2.00 bits per heavy atom. The van der Waals surface area contributed by atoms with E-state index >= 15 is 0 Å². The topological polar surface area (TPSA) is 35.6 Å². The Bertz CT molecular complexity index is 482. The molecule has 4 heteroatoms. The number of hydrogen-bond acceptors (Lipinski definition) is 2. The average molecular weight is 273 g/mol. The predicted octanol–water partition coefficient (Wildman–Crippen LogP) is 2.76. The monoisotopic (exact) mass is 273 g/mol. The van der Waals surface area contributed by atoms with E-state index in [1.54, 1.807) is 0 Å². The third-order valence-electron chi connectivity index (χ3n) is 4.30. The molecule has 0 aliphatic carbocycles. The second-order valence-electron chi connectivity index (χ2n) is 5.59. The fourth-order valence-corrected chi connectivity index (χ4v) is 3.30. The molecule has 0 saturated carbocycles. The molecule has 2 aliphatic rings. The largest absolute Gasteiger partial charge is 0.324 e. The minimum Gasteiger partial charge on any atom is -0.324 e. The summed E-state index contributed by atoms with van der Waals surface area (Å²) in [6.07, 6.45) is 3.27. The maximum absolute atomic E-state index is 12.7. The number of likely N-dealkylation sites (tertiary alicyclic amines) is 1. The summed E-state index contributed by atoms with van der Waals surface area (Å²) in [5, 5.41) is 3.52. The van der Waals surface area contributed by atoms with Crippen LogP contribution >= 0.6 is 0 Å². The van der Waals surface area contributed by atoms with E-state index in [1.165, 1.54) is 5.56 Å². The lowest BCUT2D eigenvalue weighted by Crippen LogP contribution is -2.46. The summed E-state index contributed by atoms with van der Waals surface area (Å²) in [6.45, 7) is 5.72. The Morgan fingerprint density at radius 1 is 1.25 bits per heavy atom. The number of nitrogens with one attached hydrogen (secondary N) is 1. The fraction of sp³-hybridized carbons (Fsp3) is 0.562. The zero-order chi connectivity index (χ0) is 13.9. The first-order valence-corrected chi connectivity index (χ1v) is 7.70. The summed E-state index contributed by atoms with van der Waals surface area (Å²) in [7, 11) is 0. The van der Waals surface area contributed by atoms with Crippen LogP contribution in [0.1, 0.15) is 37.8 Å². The number of fused-ring (bicyclic) bond motifs is 1. The van der Waals surface area contributed by atoms with Gasteiger partial charge in [0.2, 0.25) is 0 Å². The van der Waals surface area contributed by atoms with Crippen molar-refractivity contribution in [2.45, 2.75) is 32.2 Å². The summed E-state index contributed by atoms with van der Waals surface area (Å²) < 4.78 is 0. The van der Waals surface area contributed by atoms with Crippen molar-refractivity contribution < 1.29 is 4.79 Å². The first-order chi connectivity index (χ1) is 9.81. The minimum atomic E-state index is 0.185. The van der Waals surface area contributed by atoms with E-state index < -0.39 is 0 Å². The highest BCUT2D eigenvalue weighted by molar-refractivity contribution is 5.93. The highest BCUT2D eigenvalue weighted by atomic mass is 16.2. The van der Waals surface area contributed by atoms with Gasteiger partial charge in [0.05, 0.1) is 5.69 Å². The zero-order valence-corrected chi connectivity index (χ0v) is 12.1. The van der Waals surface area contributed by atoms with Gasteiger partial charge in [0.1, 0.15) is 0 Å². The van der Waals surface area contributed by atoms with Crippen LogP contribution in [0.4, 0.5) is 10.5 Å². The molecular formula is C16H23N3O. The molecule has 108 valence electrons. The van der Waals surface area contributed by atoms with Crippen LogP contribution in [-0.4, -0.2) is 37.1 Å². The van der Waals surface area contributed by atoms with Crippen molar-refractivity contribution in [3.05, 3.63) is 29.8 Å². The van der Waals surface area contributed by atoms with Gasteiger partial charge in [0, 0.05) is 25.7 Å². The molecule has 2 heterocycles. The Kier molecular flexibility index (Phi) is 3.92. The predicted molar refractivity (Wildman–Crippen MR) is 81.0 cm³/mol. The minimum absolute atomic E-state index is 0.185. The molecule has 1 saturated heterocycles. The zero-order valence-electron chi connectivity index (χ0n) is 12.1. The Labute approximate surface area is 120 Å². The van der Waals surface area contributed by atoms with Crippen molar-refractivity contribution in [2.24, 2.45) is 0 Å². The van der Waals surface area contributed by atoms with Gasteiger partial charge in [0.25, 0.3) is 0 Å². The molecule has 1 unspecified atom stereocenters. The van der Waals surface area contributed by atoms with Crippen LogP contribution in [0.3, 0.4) is 0 Å². The van der Waals surface area contributed by atoms with Gasteiger partial charge in [-0.25, -0.2) is 4.79 Å². The molecule has 3 rings (SSSR count). The molecule has 20 heavy (non-hydrogen) atoms. The summed E-state index contributed by atoms with van der Waals surface area (Å²) >= 11 is 0. The van der Waals surface area contributed by atoms with Crippen LogP contribution in [0.25, 0.3) is 0 Å². The van der Waals surface area contributed by atoms with Crippen molar-refractivity contribution >= 4 is 11.7 Å². The van der Waals surface area contributed by atoms with Gasteiger partial charge >= 0.3 is 6.03 Å². The van der Waals surface area contributed by atoms with Crippen molar-refractivity contribution in [2.75, 3.05) is 31.1 Å². The van der Waals surface area contributed by atoms with E-state index in [0.29, 0.717) is 6.04 Å². The van der Waals surface area contributed by atoms with Gasteiger partial charge in [-0.1, -0.05) is 25.1 Å². The number of hydrogen-bond donors (Lipinski definition) is 1. The maximum atomic E-state index is 12.7. The Balaban J connectivity index is 1.86. The Morgan fingerprint density at radius 3 is 2.75 bits per heavy atom. The maximum Gasteiger partial charge on any atom is 0.324 e. The molecule has 2 aliphatic heterocycles. The van der Waals surface area contributed by atoms with Crippen LogP contribution < -0.4 is 10.2 Å². The molecule has 1 aromatic rings.